The quantitative estimate of drug-likeness (QED) is 0.120. The Balaban J connectivity index is 0.562. The van der Waals surface area contributed by atoms with Gasteiger partial charge in [0.2, 0.25) is 0 Å². The van der Waals surface area contributed by atoms with Crippen molar-refractivity contribution in [3.63, 3.8) is 0 Å². The molecule has 4 aliphatic rings. The maximum absolute atomic E-state index is 2.57. The fourth-order valence-electron chi connectivity index (χ4n) is 25.6. The number of fused-ring (bicyclic) bond motifs is 38. The molecule has 24 aromatic carbocycles. The van der Waals surface area contributed by atoms with Gasteiger partial charge in [0.15, 0.2) is 0 Å². The van der Waals surface area contributed by atoms with Gasteiger partial charge in [0.05, 0.1) is 44.3 Å². The average molecular weight is 1750 g/mol. The summed E-state index contributed by atoms with van der Waals surface area (Å²) in [5.74, 6) is 0. The van der Waals surface area contributed by atoms with E-state index in [0.717, 1.165) is 84.3 Å². The van der Waals surface area contributed by atoms with Gasteiger partial charge in [-0.1, -0.05) is 370 Å². The Kier molecular flexibility index (Phi) is 16.2. The van der Waals surface area contributed by atoms with Crippen LogP contribution < -0.4 is 9.80 Å². The lowest BCUT2D eigenvalue weighted by Gasteiger charge is -2.32. The van der Waals surface area contributed by atoms with Crippen LogP contribution in [0.4, 0.5) is 34.1 Å². The van der Waals surface area contributed by atoms with Gasteiger partial charge in [0.25, 0.3) is 0 Å². The molecule has 26 aromatic rings. The zero-order chi connectivity index (χ0) is 90.2. The highest BCUT2D eigenvalue weighted by molar-refractivity contribution is 6.31. The highest BCUT2D eigenvalue weighted by Gasteiger charge is 2.54. The molecule has 138 heavy (non-hydrogen) atoms. The lowest BCUT2D eigenvalue weighted by molar-refractivity contribution is 0.793. The van der Waals surface area contributed by atoms with E-state index < -0.39 is 10.8 Å². The maximum atomic E-state index is 2.57. The van der Waals surface area contributed by atoms with Crippen LogP contribution >= 0.6 is 0 Å². The molecular formula is C134H82N4. The van der Waals surface area contributed by atoms with E-state index in [0.29, 0.717) is 0 Å². The van der Waals surface area contributed by atoms with Crippen molar-refractivity contribution >= 4 is 142 Å². The van der Waals surface area contributed by atoms with Gasteiger partial charge >= 0.3 is 0 Å². The molecule has 0 N–H and O–H groups in total. The van der Waals surface area contributed by atoms with E-state index >= 15 is 0 Å². The Labute approximate surface area is 797 Å². The fraction of sp³-hybridized carbons (Fsp3) is 0.0149. The van der Waals surface area contributed by atoms with Gasteiger partial charge in [-0.15, -0.1) is 0 Å². The third-order valence-electron chi connectivity index (χ3n) is 31.2. The standard InChI is InChI=1S/C134H82N4/c1-3-31-89(32-4-1)137-125-57-26-20-47-108(125)115-78-85(64-74-126(115)137)83-60-66-91(67-61-83)135(128-58-28-50-112-99-38-9-7-36-95(99)97-40-11-13-48-110(97)131(112)128)93-68-71-107-104-45-18-24-55-120(104)134(124(107)81-93)121-56-25-19-46-105(121)114-77-86(63-73-122(114)134)88-62-70-109-116-79-87(65-75-127(116)138(130(109)80-88)90-33-5-2-6-34-90)84-30-27-35-92(76-84)136(129-59-29-51-113-100-39-10-8-37-96(100)98-41-12-14-49-111(98)132(113)129)94-69-72-106-103-44-17-23-54-119(103)133(123(106)82-94)117-52-21-15-42-101(117)102-43-16-22-53-118(102)133/h1-82H. The molecule has 30 rings (SSSR count). The molecular weight excluding hydrogens is 1670 g/mol. The lowest BCUT2D eigenvalue weighted by Crippen LogP contribution is -2.26. The number of hydrogen-bond acceptors (Lipinski definition) is 2. The van der Waals surface area contributed by atoms with Crippen molar-refractivity contribution in [1.82, 2.24) is 9.13 Å². The largest absolute Gasteiger partial charge is 0.310 e. The molecule has 4 nitrogen and oxygen atoms in total. The summed E-state index contributed by atoms with van der Waals surface area (Å²) in [5.41, 5.74) is 39.7. The van der Waals surface area contributed by atoms with Gasteiger partial charge in [0.1, 0.15) is 0 Å². The predicted octanol–water partition coefficient (Wildman–Crippen LogP) is 35.4. The van der Waals surface area contributed by atoms with Crippen molar-refractivity contribution in [3.05, 3.63) is 542 Å². The molecule has 0 bridgehead atoms. The van der Waals surface area contributed by atoms with E-state index in [4.69, 9.17) is 0 Å². The van der Waals surface area contributed by atoms with E-state index in [1.807, 2.05) is 0 Å². The zero-order valence-corrected chi connectivity index (χ0v) is 75.1. The molecule has 1 unspecified atom stereocenters. The molecule has 0 fully saturated rings. The van der Waals surface area contributed by atoms with Crippen LogP contribution in [0.15, 0.2) is 497 Å². The third-order valence-corrected chi connectivity index (χ3v) is 31.2. The van der Waals surface area contributed by atoms with E-state index in [1.54, 1.807) is 0 Å². The van der Waals surface area contributed by atoms with Crippen LogP contribution in [0.25, 0.3) is 198 Å². The summed E-state index contributed by atoms with van der Waals surface area (Å²) in [7, 11) is 0. The number of nitrogens with zero attached hydrogens (tertiary/aromatic N) is 4. The predicted molar refractivity (Wildman–Crippen MR) is 578 cm³/mol. The van der Waals surface area contributed by atoms with Crippen LogP contribution in [-0.4, -0.2) is 9.13 Å². The second-order valence-electron chi connectivity index (χ2n) is 37.9. The van der Waals surface area contributed by atoms with Crippen molar-refractivity contribution in [3.8, 4) is 89.3 Å². The summed E-state index contributed by atoms with van der Waals surface area (Å²) in [5, 5.41) is 19.6. The number of benzene rings is 24. The molecule has 1 atom stereocenters. The molecule has 2 heterocycles. The van der Waals surface area contributed by atoms with E-state index in [1.165, 1.54) is 192 Å². The summed E-state index contributed by atoms with van der Waals surface area (Å²) in [4.78, 5) is 5.12. The topological polar surface area (TPSA) is 16.3 Å². The average Bonchev–Trinajstić information content (AvgIpc) is 1.50. The lowest BCUT2D eigenvalue weighted by atomic mass is 9.70. The van der Waals surface area contributed by atoms with Gasteiger partial charge < -0.3 is 18.9 Å². The van der Waals surface area contributed by atoms with Crippen LogP contribution in [0.1, 0.15) is 44.5 Å². The number of hydrogen-bond donors (Lipinski definition) is 0. The molecule has 0 aliphatic heterocycles. The number of aromatic nitrogens is 2. The third kappa shape index (κ3) is 10.6. The summed E-state index contributed by atoms with van der Waals surface area (Å²) >= 11 is 0. The van der Waals surface area contributed by atoms with E-state index in [2.05, 4.69) is 516 Å². The molecule has 638 valence electrons. The molecule has 0 saturated carbocycles. The van der Waals surface area contributed by atoms with Gasteiger partial charge in [-0.3, -0.25) is 0 Å². The SMILES string of the molecule is c1ccc(-n2c3ccccc3c3cc(-c4ccc(N(c5ccc6c(c5)C5(c7ccccc7-c7cc(-c8ccc9c%10cc(-c%11cccc(N(c%12ccc%13c(c%12)C%12(c%14ccccc%14-c%14ccccc%14%12)c%12ccccc%12-%13)c%12cccc%13c%14ccccc%14c%14ccccc%14c%12%13)c%11)ccc%10n(-c%10ccccc%10)c9c8)ccc75)c5ccccc5-6)c5cccc6c7ccccc7c7ccccc7c56)cc4)ccc32)cc1. The van der Waals surface area contributed by atoms with Crippen LogP contribution in [-0.2, 0) is 10.8 Å². The molecule has 4 aliphatic carbocycles. The zero-order valence-electron chi connectivity index (χ0n) is 75.1. The second-order valence-corrected chi connectivity index (χ2v) is 37.9. The van der Waals surface area contributed by atoms with Crippen molar-refractivity contribution in [2.24, 2.45) is 0 Å². The highest BCUT2D eigenvalue weighted by Crippen LogP contribution is 2.67. The van der Waals surface area contributed by atoms with Crippen LogP contribution in [0.3, 0.4) is 0 Å². The smallest absolute Gasteiger partial charge is 0.0726 e. The Morgan fingerprint density at radius 2 is 0.449 bits per heavy atom. The monoisotopic (exact) mass is 1750 g/mol. The molecule has 4 heteroatoms. The number of anilines is 6. The molecule has 0 amide bonds. The minimum Gasteiger partial charge on any atom is -0.310 e. The minimum atomic E-state index is -0.667. The number of rotatable bonds is 11. The van der Waals surface area contributed by atoms with E-state index in [9.17, 15) is 0 Å². The van der Waals surface area contributed by atoms with Crippen LogP contribution in [0.5, 0.6) is 0 Å². The van der Waals surface area contributed by atoms with Gasteiger partial charge in [0, 0.05) is 66.4 Å². The molecule has 2 aromatic heterocycles. The molecule has 2 spiro atoms. The Hall–Kier alpha value is -18.0. The molecule has 0 radical (unpaired) electrons. The van der Waals surface area contributed by atoms with Crippen molar-refractivity contribution < 1.29 is 0 Å². The van der Waals surface area contributed by atoms with Gasteiger partial charge in [-0.25, -0.2) is 0 Å². The van der Waals surface area contributed by atoms with E-state index in [-0.39, 0.29) is 0 Å². The van der Waals surface area contributed by atoms with Crippen molar-refractivity contribution in [2.45, 2.75) is 10.8 Å². The van der Waals surface area contributed by atoms with Gasteiger partial charge in [-0.05, 0) is 304 Å². The normalized spacial score (nSPS) is 13.9. The summed E-state index contributed by atoms with van der Waals surface area (Å²) in [6, 6.07) is 189. The maximum Gasteiger partial charge on any atom is 0.0726 e. The fourth-order valence-corrected chi connectivity index (χ4v) is 25.6. The summed E-state index contributed by atoms with van der Waals surface area (Å²) in [6.45, 7) is 0. The van der Waals surface area contributed by atoms with Crippen LogP contribution in [0.2, 0.25) is 0 Å². The van der Waals surface area contributed by atoms with Gasteiger partial charge in [-0.2, -0.15) is 0 Å². The number of para-hydroxylation sites is 3. The first-order chi connectivity index (χ1) is 68.5. The Bertz CT molecular complexity index is 9600. The minimum absolute atomic E-state index is 0.539. The highest BCUT2D eigenvalue weighted by atomic mass is 15.2. The summed E-state index contributed by atoms with van der Waals surface area (Å²) < 4.78 is 4.88. The Morgan fingerprint density at radius 3 is 0.935 bits per heavy atom. The first-order valence-electron chi connectivity index (χ1n) is 48.1. The van der Waals surface area contributed by atoms with Crippen molar-refractivity contribution in [1.29, 1.82) is 0 Å². The first-order valence-corrected chi connectivity index (χ1v) is 48.1. The van der Waals surface area contributed by atoms with Crippen LogP contribution in [0, 0.1) is 0 Å². The molecule has 0 saturated heterocycles. The summed E-state index contributed by atoms with van der Waals surface area (Å²) in [6.07, 6.45) is 0. The second kappa shape index (κ2) is 29.3. The first kappa shape index (κ1) is 76.6. The van der Waals surface area contributed by atoms with Crippen molar-refractivity contribution in [2.75, 3.05) is 9.80 Å². The Morgan fingerprint density at radius 1 is 0.145 bits per heavy atom.